The highest BCUT2D eigenvalue weighted by Crippen LogP contribution is 2.32. The van der Waals surface area contributed by atoms with Crippen LogP contribution in [0.3, 0.4) is 0 Å². The van der Waals surface area contributed by atoms with Crippen LogP contribution in [-0.4, -0.2) is 41.3 Å². The van der Waals surface area contributed by atoms with Gasteiger partial charge in [0.15, 0.2) is 0 Å². The normalized spacial score (nSPS) is 14.0. The first-order chi connectivity index (χ1) is 11.0. The van der Waals surface area contributed by atoms with Crippen molar-refractivity contribution in [2.75, 3.05) is 25.0 Å². The van der Waals surface area contributed by atoms with Crippen LogP contribution in [0.5, 0.6) is 0 Å². The summed E-state index contributed by atoms with van der Waals surface area (Å²) in [5.74, 6) is 0.516. The van der Waals surface area contributed by atoms with Crippen molar-refractivity contribution >= 4 is 40.5 Å². The topological polar surface area (TPSA) is 87.8 Å². The molecule has 0 atom stereocenters. The van der Waals surface area contributed by atoms with Crippen LogP contribution in [0.2, 0.25) is 4.34 Å². The van der Waals surface area contributed by atoms with E-state index in [1.807, 2.05) is 12.3 Å². The fourth-order valence-electron chi connectivity index (χ4n) is 2.30. The Morgan fingerprint density at radius 3 is 2.96 bits per heavy atom. The highest BCUT2D eigenvalue weighted by molar-refractivity contribution is 7.15. The standard InChI is InChI=1S/C14H19ClN4O3S/c1-10-9-23-13(15)12(10)17-14-16-6-8-18(14)11(20)5-3-2-4-7-19(21)22/h9H,2-8H2,1H3,(H,16,17). The number of hydrogen-bond acceptors (Lipinski definition) is 6. The molecule has 23 heavy (non-hydrogen) atoms. The summed E-state index contributed by atoms with van der Waals surface area (Å²) in [6.45, 7) is 3.02. The molecular weight excluding hydrogens is 340 g/mol. The lowest BCUT2D eigenvalue weighted by atomic mass is 10.2. The van der Waals surface area contributed by atoms with Crippen molar-refractivity contribution in [2.45, 2.75) is 32.6 Å². The number of nitro groups is 1. The van der Waals surface area contributed by atoms with E-state index >= 15 is 0 Å². The average Bonchev–Trinajstić information content (AvgIpc) is 3.08. The van der Waals surface area contributed by atoms with Crippen LogP contribution in [0.1, 0.15) is 31.2 Å². The molecular formula is C14H19ClN4O3S. The molecule has 0 radical (unpaired) electrons. The van der Waals surface area contributed by atoms with E-state index in [0.29, 0.717) is 49.1 Å². The number of thiophene rings is 1. The summed E-state index contributed by atoms with van der Waals surface area (Å²) in [5.41, 5.74) is 1.81. The third kappa shape index (κ3) is 4.90. The second-order valence-corrected chi connectivity index (χ2v) is 6.79. The van der Waals surface area contributed by atoms with Gasteiger partial charge in [-0.2, -0.15) is 0 Å². The molecule has 0 bridgehead atoms. The van der Waals surface area contributed by atoms with Crippen molar-refractivity contribution in [3.63, 3.8) is 0 Å². The summed E-state index contributed by atoms with van der Waals surface area (Å²) in [7, 11) is 0. The lowest BCUT2D eigenvalue weighted by molar-refractivity contribution is -0.480. The number of nitrogens with zero attached hydrogens (tertiary/aromatic N) is 3. The predicted octanol–water partition coefficient (Wildman–Crippen LogP) is 3.16. The lowest BCUT2D eigenvalue weighted by Crippen LogP contribution is -2.38. The highest BCUT2D eigenvalue weighted by Gasteiger charge is 2.24. The maximum Gasteiger partial charge on any atom is 0.229 e. The van der Waals surface area contributed by atoms with Gasteiger partial charge in [0.1, 0.15) is 4.34 Å². The van der Waals surface area contributed by atoms with Crippen LogP contribution in [0.4, 0.5) is 5.69 Å². The zero-order valence-corrected chi connectivity index (χ0v) is 14.5. The number of guanidine groups is 1. The van der Waals surface area contributed by atoms with Crippen molar-refractivity contribution in [1.82, 2.24) is 4.90 Å². The summed E-state index contributed by atoms with van der Waals surface area (Å²) >= 11 is 7.57. The first-order valence-corrected chi connectivity index (χ1v) is 8.72. The summed E-state index contributed by atoms with van der Waals surface area (Å²) in [5, 5.41) is 15.3. The average molecular weight is 359 g/mol. The number of carbonyl (C=O) groups is 1. The zero-order valence-electron chi connectivity index (χ0n) is 12.9. The molecule has 0 aromatic carbocycles. The SMILES string of the molecule is Cc1csc(Cl)c1NC1=NCCN1C(=O)CCCCC[N+](=O)[O-]. The molecule has 1 aliphatic heterocycles. The molecule has 0 fully saturated rings. The number of anilines is 1. The molecule has 9 heteroatoms. The zero-order chi connectivity index (χ0) is 16.8. The van der Waals surface area contributed by atoms with Crippen molar-refractivity contribution in [3.8, 4) is 0 Å². The van der Waals surface area contributed by atoms with Gasteiger partial charge in [0.2, 0.25) is 18.4 Å². The molecule has 1 aromatic heterocycles. The van der Waals surface area contributed by atoms with Gasteiger partial charge < -0.3 is 5.32 Å². The second kappa shape index (κ2) is 8.26. The van der Waals surface area contributed by atoms with Gasteiger partial charge >= 0.3 is 0 Å². The van der Waals surface area contributed by atoms with Gasteiger partial charge in [0.05, 0.1) is 12.2 Å². The first kappa shape index (κ1) is 17.7. The van der Waals surface area contributed by atoms with E-state index < -0.39 is 0 Å². The molecule has 1 N–H and O–H groups in total. The molecule has 0 aliphatic carbocycles. The van der Waals surface area contributed by atoms with E-state index in [2.05, 4.69) is 10.3 Å². The summed E-state index contributed by atoms with van der Waals surface area (Å²) in [6.07, 6.45) is 2.20. The molecule has 2 heterocycles. The van der Waals surface area contributed by atoms with E-state index in [4.69, 9.17) is 11.6 Å². The largest absolute Gasteiger partial charge is 0.324 e. The Bertz CT molecular complexity index is 598. The van der Waals surface area contributed by atoms with E-state index in [9.17, 15) is 14.9 Å². The quantitative estimate of drug-likeness (QED) is 0.460. The molecule has 1 amide bonds. The molecule has 0 unspecified atom stereocenters. The summed E-state index contributed by atoms with van der Waals surface area (Å²) in [4.78, 5) is 28.2. The van der Waals surface area contributed by atoms with Crippen LogP contribution >= 0.6 is 22.9 Å². The maximum atomic E-state index is 12.3. The molecule has 0 spiro atoms. The van der Waals surface area contributed by atoms with Crippen molar-refractivity contribution in [3.05, 3.63) is 25.4 Å². The lowest BCUT2D eigenvalue weighted by Gasteiger charge is -2.19. The van der Waals surface area contributed by atoms with Crippen LogP contribution in [0, 0.1) is 17.0 Å². The molecule has 126 valence electrons. The van der Waals surface area contributed by atoms with Gasteiger partial charge in [-0.25, -0.2) is 0 Å². The first-order valence-electron chi connectivity index (χ1n) is 7.46. The van der Waals surface area contributed by atoms with Gasteiger partial charge in [0.25, 0.3) is 0 Å². The minimum atomic E-state index is -0.329. The number of carbonyl (C=O) groups excluding carboxylic acids is 1. The molecule has 7 nitrogen and oxygen atoms in total. The molecule has 1 aromatic rings. The minimum absolute atomic E-state index is 0.0149. The number of rotatable bonds is 7. The summed E-state index contributed by atoms with van der Waals surface area (Å²) in [6, 6.07) is 0. The smallest absolute Gasteiger partial charge is 0.229 e. The second-order valence-electron chi connectivity index (χ2n) is 5.31. The van der Waals surface area contributed by atoms with E-state index in [0.717, 1.165) is 11.3 Å². The van der Waals surface area contributed by atoms with E-state index in [-0.39, 0.29) is 17.4 Å². The monoisotopic (exact) mass is 358 g/mol. The maximum absolute atomic E-state index is 12.3. The third-order valence-electron chi connectivity index (χ3n) is 3.54. The van der Waals surface area contributed by atoms with Crippen LogP contribution < -0.4 is 5.32 Å². The number of halogens is 1. The van der Waals surface area contributed by atoms with Gasteiger partial charge in [0, 0.05) is 24.3 Å². The van der Waals surface area contributed by atoms with Crippen LogP contribution in [0.25, 0.3) is 0 Å². The Morgan fingerprint density at radius 1 is 1.52 bits per heavy atom. The number of unbranched alkanes of at least 4 members (excludes halogenated alkanes) is 2. The number of nitrogens with one attached hydrogen (secondary N) is 1. The van der Waals surface area contributed by atoms with Crippen LogP contribution in [0.15, 0.2) is 10.4 Å². The molecule has 0 saturated carbocycles. The Balaban J connectivity index is 1.83. The molecule has 1 aliphatic rings. The highest BCUT2D eigenvalue weighted by atomic mass is 35.5. The van der Waals surface area contributed by atoms with Crippen molar-refractivity contribution in [1.29, 1.82) is 0 Å². The predicted molar refractivity (Wildman–Crippen MR) is 92.0 cm³/mol. The third-order valence-corrected chi connectivity index (χ3v) is 4.88. The van der Waals surface area contributed by atoms with Gasteiger partial charge in [-0.15, -0.1) is 11.3 Å². The van der Waals surface area contributed by atoms with Gasteiger partial charge in [-0.3, -0.25) is 24.8 Å². The number of aliphatic imine (C=N–C) groups is 1. The Morgan fingerprint density at radius 2 is 2.30 bits per heavy atom. The van der Waals surface area contributed by atoms with Gasteiger partial charge in [-0.1, -0.05) is 11.6 Å². The Hall–Kier alpha value is -1.67. The van der Waals surface area contributed by atoms with E-state index in [1.54, 1.807) is 4.90 Å². The van der Waals surface area contributed by atoms with Crippen molar-refractivity contribution in [2.24, 2.45) is 4.99 Å². The van der Waals surface area contributed by atoms with Gasteiger partial charge in [-0.05, 0) is 30.7 Å². The Labute approximate surface area is 143 Å². The number of amides is 1. The number of aryl methyl sites for hydroxylation is 1. The summed E-state index contributed by atoms with van der Waals surface area (Å²) < 4.78 is 0.643. The van der Waals surface area contributed by atoms with Crippen molar-refractivity contribution < 1.29 is 9.72 Å². The molecule has 2 rings (SSSR count). The fourth-order valence-corrected chi connectivity index (χ4v) is 3.36. The Kier molecular flexibility index (Phi) is 6.35. The fraction of sp³-hybridized carbons (Fsp3) is 0.571. The number of hydrogen-bond donors (Lipinski definition) is 1. The van der Waals surface area contributed by atoms with E-state index in [1.165, 1.54) is 11.3 Å². The van der Waals surface area contributed by atoms with Crippen LogP contribution in [-0.2, 0) is 4.79 Å². The molecule has 0 saturated heterocycles. The minimum Gasteiger partial charge on any atom is -0.324 e.